The third-order valence-electron chi connectivity index (χ3n) is 7.11. The summed E-state index contributed by atoms with van der Waals surface area (Å²) in [6, 6.07) is 4.08. The Morgan fingerprint density at radius 3 is 2.72 bits per heavy atom. The SMILES string of the molecule is COc1ccc2c(c1O)[C@]13CCN(C)[C@H](C2)C1(OC)[C@H](C)CC(=O)C3. The van der Waals surface area contributed by atoms with E-state index >= 15 is 0 Å². The van der Waals surface area contributed by atoms with Gasteiger partial charge in [0.25, 0.3) is 0 Å². The van der Waals surface area contributed by atoms with E-state index < -0.39 is 11.0 Å². The highest BCUT2D eigenvalue weighted by Gasteiger charge is 2.68. The molecule has 0 amide bonds. The van der Waals surface area contributed by atoms with Crippen LogP contribution in [0.1, 0.15) is 37.3 Å². The summed E-state index contributed by atoms with van der Waals surface area (Å²) in [4.78, 5) is 15.0. The number of carbonyl (C=O) groups excluding carboxylic acids is 1. The maximum absolute atomic E-state index is 12.7. The molecule has 1 aromatic carbocycles. The van der Waals surface area contributed by atoms with Crippen LogP contribution in [0.4, 0.5) is 0 Å². The van der Waals surface area contributed by atoms with Crippen LogP contribution in [0.25, 0.3) is 0 Å². The number of phenols is 1. The molecule has 5 nitrogen and oxygen atoms in total. The highest BCUT2D eigenvalue weighted by Crippen LogP contribution is 2.63. The number of phenolic OH excluding ortho intramolecular Hbond substituents is 1. The molecule has 136 valence electrons. The van der Waals surface area contributed by atoms with E-state index in [1.165, 1.54) is 0 Å². The van der Waals surface area contributed by atoms with Crippen molar-refractivity contribution in [2.45, 2.75) is 49.7 Å². The Morgan fingerprint density at radius 2 is 2.04 bits per heavy atom. The lowest BCUT2D eigenvalue weighted by atomic mass is 9.46. The molecule has 3 aliphatic rings. The fourth-order valence-electron chi connectivity index (χ4n) is 6.23. The maximum atomic E-state index is 12.7. The first kappa shape index (κ1) is 16.9. The third kappa shape index (κ3) is 1.88. The van der Waals surface area contributed by atoms with Crippen LogP contribution in [-0.4, -0.2) is 55.2 Å². The van der Waals surface area contributed by atoms with Gasteiger partial charge in [-0.25, -0.2) is 0 Å². The summed E-state index contributed by atoms with van der Waals surface area (Å²) in [6.07, 6.45) is 2.60. The van der Waals surface area contributed by atoms with E-state index in [1.807, 2.05) is 12.1 Å². The van der Waals surface area contributed by atoms with Crippen LogP contribution in [0, 0.1) is 5.92 Å². The lowest BCUT2D eigenvalue weighted by Crippen LogP contribution is -2.76. The summed E-state index contributed by atoms with van der Waals surface area (Å²) in [5.41, 5.74) is 1.05. The number of aromatic hydroxyl groups is 1. The number of methoxy groups -OCH3 is 2. The second-order valence-electron chi connectivity index (χ2n) is 8.00. The van der Waals surface area contributed by atoms with E-state index in [1.54, 1.807) is 14.2 Å². The number of ether oxygens (including phenoxy) is 2. The summed E-state index contributed by atoms with van der Waals surface area (Å²) < 4.78 is 11.7. The van der Waals surface area contributed by atoms with Gasteiger partial charge in [-0.2, -0.15) is 0 Å². The van der Waals surface area contributed by atoms with Gasteiger partial charge in [0.05, 0.1) is 12.7 Å². The van der Waals surface area contributed by atoms with Crippen molar-refractivity contribution in [2.75, 3.05) is 27.8 Å². The number of piperidine rings is 1. The van der Waals surface area contributed by atoms with Gasteiger partial charge in [-0.05, 0) is 44.0 Å². The molecule has 1 heterocycles. The van der Waals surface area contributed by atoms with E-state index in [0.29, 0.717) is 18.6 Å². The van der Waals surface area contributed by atoms with Crippen LogP contribution in [0.15, 0.2) is 12.1 Å². The van der Waals surface area contributed by atoms with Crippen molar-refractivity contribution >= 4 is 5.78 Å². The highest BCUT2D eigenvalue weighted by atomic mass is 16.5. The van der Waals surface area contributed by atoms with E-state index in [-0.39, 0.29) is 23.5 Å². The van der Waals surface area contributed by atoms with Crippen molar-refractivity contribution in [3.05, 3.63) is 23.3 Å². The van der Waals surface area contributed by atoms with Crippen molar-refractivity contribution in [1.82, 2.24) is 4.90 Å². The van der Waals surface area contributed by atoms with Crippen LogP contribution < -0.4 is 4.74 Å². The number of carbonyl (C=O) groups is 1. The number of likely N-dealkylation sites (tertiary alicyclic amines) is 1. The predicted octanol–water partition coefficient (Wildman–Crippen LogP) is 2.28. The molecule has 2 fully saturated rings. The largest absolute Gasteiger partial charge is 0.504 e. The normalized spacial score (nSPS) is 37.4. The monoisotopic (exact) mass is 345 g/mol. The number of hydrogen-bond donors (Lipinski definition) is 1. The minimum atomic E-state index is -0.486. The van der Waals surface area contributed by atoms with Gasteiger partial charge in [-0.1, -0.05) is 13.0 Å². The van der Waals surface area contributed by atoms with Crippen LogP contribution in [0.5, 0.6) is 11.5 Å². The van der Waals surface area contributed by atoms with E-state index in [9.17, 15) is 9.90 Å². The third-order valence-corrected chi connectivity index (χ3v) is 7.11. The Bertz CT molecular complexity index is 733. The first-order valence-corrected chi connectivity index (χ1v) is 9.07. The lowest BCUT2D eigenvalue weighted by Gasteiger charge is -2.66. The van der Waals surface area contributed by atoms with Gasteiger partial charge in [0, 0.05) is 37.0 Å². The summed E-state index contributed by atoms with van der Waals surface area (Å²) in [5, 5.41) is 11.0. The average Bonchev–Trinajstić information content (AvgIpc) is 2.57. The first-order valence-electron chi connectivity index (χ1n) is 9.07. The second-order valence-corrected chi connectivity index (χ2v) is 8.00. The molecule has 1 N–H and O–H groups in total. The van der Waals surface area contributed by atoms with Crippen molar-refractivity contribution in [3.8, 4) is 11.5 Å². The number of ketones is 1. The molecule has 1 unspecified atom stereocenters. The summed E-state index contributed by atoms with van der Waals surface area (Å²) in [5.74, 6) is 1.02. The van der Waals surface area contributed by atoms with Crippen LogP contribution >= 0.6 is 0 Å². The zero-order valence-corrected chi connectivity index (χ0v) is 15.5. The van der Waals surface area contributed by atoms with Crippen LogP contribution in [0.2, 0.25) is 0 Å². The molecule has 0 spiro atoms. The lowest BCUT2D eigenvalue weighted by molar-refractivity contribution is -0.206. The van der Waals surface area contributed by atoms with Gasteiger partial charge in [0.2, 0.25) is 0 Å². The molecule has 0 radical (unpaired) electrons. The van der Waals surface area contributed by atoms with Gasteiger partial charge in [-0.3, -0.25) is 4.79 Å². The van der Waals surface area contributed by atoms with Gasteiger partial charge >= 0.3 is 0 Å². The fourth-order valence-corrected chi connectivity index (χ4v) is 6.23. The summed E-state index contributed by atoms with van der Waals surface area (Å²) in [7, 11) is 5.49. The Balaban J connectivity index is 2.06. The fraction of sp³-hybridized carbons (Fsp3) is 0.650. The van der Waals surface area contributed by atoms with Crippen molar-refractivity contribution in [3.63, 3.8) is 0 Å². The molecule has 1 saturated heterocycles. The van der Waals surface area contributed by atoms with E-state index in [0.717, 1.165) is 30.5 Å². The molecule has 1 aromatic rings. The van der Waals surface area contributed by atoms with Crippen molar-refractivity contribution in [1.29, 1.82) is 0 Å². The molecule has 1 aliphatic heterocycles. The first-order chi connectivity index (χ1) is 11.9. The minimum absolute atomic E-state index is 0.102. The number of hydrogen-bond acceptors (Lipinski definition) is 5. The molecular formula is C20H27NO4. The topological polar surface area (TPSA) is 59.0 Å². The Kier molecular flexibility index (Phi) is 3.68. The quantitative estimate of drug-likeness (QED) is 0.891. The molecule has 2 aliphatic carbocycles. The number of likely N-dealkylation sites (N-methyl/N-ethyl adjacent to an activating group) is 1. The maximum Gasteiger partial charge on any atom is 0.161 e. The molecule has 25 heavy (non-hydrogen) atoms. The molecule has 4 rings (SSSR count). The van der Waals surface area contributed by atoms with Crippen molar-refractivity contribution in [2.24, 2.45) is 5.92 Å². The van der Waals surface area contributed by atoms with E-state index in [2.05, 4.69) is 18.9 Å². The minimum Gasteiger partial charge on any atom is -0.504 e. The molecule has 1 saturated carbocycles. The number of fused-ring (bicyclic) bond motifs is 1. The van der Waals surface area contributed by atoms with E-state index in [4.69, 9.17) is 9.47 Å². The molecule has 5 heteroatoms. The smallest absolute Gasteiger partial charge is 0.161 e. The highest BCUT2D eigenvalue weighted by molar-refractivity contribution is 5.83. The zero-order valence-electron chi connectivity index (χ0n) is 15.5. The molecule has 0 aromatic heterocycles. The zero-order chi connectivity index (χ0) is 18.0. The molecular weight excluding hydrogens is 318 g/mol. The van der Waals surface area contributed by atoms with Gasteiger partial charge in [0.1, 0.15) is 5.78 Å². The molecule has 4 atom stereocenters. The van der Waals surface area contributed by atoms with Crippen LogP contribution in [0.3, 0.4) is 0 Å². The number of nitrogens with zero attached hydrogens (tertiary/aromatic N) is 1. The van der Waals surface area contributed by atoms with Gasteiger partial charge < -0.3 is 19.5 Å². The average molecular weight is 345 g/mol. The Morgan fingerprint density at radius 1 is 1.28 bits per heavy atom. The summed E-state index contributed by atoms with van der Waals surface area (Å²) in [6.45, 7) is 3.02. The second kappa shape index (κ2) is 5.45. The molecule has 2 bridgehead atoms. The predicted molar refractivity (Wildman–Crippen MR) is 94.2 cm³/mol. The van der Waals surface area contributed by atoms with Crippen LogP contribution in [-0.2, 0) is 21.4 Å². The Hall–Kier alpha value is -1.59. The number of benzene rings is 1. The number of rotatable bonds is 2. The number of Topliss-reactive ketones (excluding diaryl/α,β-unsaturated/α-hetero) is 1. The van der Waals surface area contributed by atoms with Gasteiger partial charge in [0.15, 0.2) is 11.5 Å². The van der Waals surface area contributed by atoms with Gasteiger partial charge in [-0.15, -0.1) is 0 Å². The Labute approximate surface area is 148 Å². The standard InChI is InChI=1S/C20H27NO4/c1-12-9-14(22)11-19-7-8-21(2)16(20(12,19)25-4)10-13-5-6-15(24-3)18(23)17(13)19/h5-6,12,16,23H,7-11H2,1-4H3/t12-,16-,19-,20?/m1/s1. The van der Waals surface area contributed by atoms with Crippen molar-refractivity contribution < 1.29 is 19.4 Å². The summed E-state index contributed by atoms with van der Waals surface area (Å²) >= 11 is 0.